The van der Waals surface area contributed by atoms with Crippen LogP contribution in [0.15, 0.2) is 72.9 Å². The van der Waals surface area contributed by atoms with Gasteiger partial charge in [-0.2, -0.15) is 0 Å². The van der Waals surface area contributed by atoms with Crippen LogP contribution in [0, 0.1) is 11.6 Å². The number of nitrogens with one attached hydrogen (secondary N) is 1. The number of ether oxygens (including phenoxy) is 1. The molecule has 7 nitrogen and oxygen atoms in total. The van der Waals surface area contributed by atoms with Gasteiger partial charge in [0, 0.05) is 55.1 Å². The Morgan fingerprint density at radius 3 is 2.50 bits per heavy atom. The van der Waals surface area contributed by atoms with Gasteiger partial charge in [-0.15, -0.1) is 0 Å². The van der Waals surface area contributed by atoms with Gasteiger partial charge in [-0.3, -0.25) is 14.5 Å². The molecule has 3 aliphatic rings. The zero-order valence-electron chi connectivity index (χ0n) is 23.6. The number of nitrogens with zero attached hydrogens (tertiary/aromatic N) is 3. The maximum absolute atomic E-state index is 14.2. The number of amides is 2. The molecule has 0 spiro atoms. The first-order valence-electron chi connectivity index (χ1n) is 14.4. The van der Waals surface area contributed by atoms with Crippen molar-refractivity contribution in [3.63, 3.8) is 0 Å². The van der Waals surface area contributed by atoms with Gasteiger partial charge in [0.05, 0.1) is 12.2 Å². The van der Waals surface area contributed by atoms with Crippen LogP contribution < -0.4 is 15.0 Å². The Bertz CT molecular complexity index is 1520. The van der Waals surface area contributed by atoms with Gasteiger partial charge in [-0.1, -0.05) is 36.9 Å². The summed E-state index contributed by atoms with van der Waals surface area (Å²) in [6.45, 7) is 9.56. The molecule has 0 aliphatic carbocycles. The minimum Gasteiger partial charge on any atom is -0.489 e. The monoisotopic (exact) mass is 572 g/mol. The van der Waals surface area contributed by atoms with E-state index in [0.29, 0.717) is 61.8 Å². The summed E-state index contributed by atoms with van der Waals surface area (Å²) in [6, 6.07) is 17.2. The maximum Gasteiger partial charge on any atom is 0.255 e. The van der Waals surface area contributed by atoms with Crippen LogP contribution in [-0.2, 0) is 17.9 Å². The van der Waals surface area contributed by atoms with Crippen molar-refractivity contribution in [2.24, 2.45) is 0 Å². The second kappa shape index (κ2) is 11.6. The molecule has 218 valence electrons. The molecular weight excluding hydrogens is 538 g/mol. The second-order valence-electron chi connectivity index (χ2n) is 11.2. The molecule has 3 aliphatic heterocycles. The molecule has 2 saturated heterocycles. The van der Waals surface area contributed by atoms with Crippen molar-refractivity contribution in [1.82, 2.24) is 15.1 Å². The van der Waals surface area contributed by atoms with Crippen molar-refractivity contribution in [1.29, 1.82) is 0 Å². The Kier molecular flexibility index (Phi) is 7.68. The van der Waals surface area contributed by atoms with E-state index >= 15 is 0 Å². The van der Waals surface area contributed by atoms with Crippen LogP contribution in [0.2, 0.25) is 0 Å². The fraction of sp³-hybridized carbons (Fsp3) is 0.333. The molecular formula is C33H34F2N4O3. The average Bonchev–Trinajstić information content (AvgIpc) is 3.32. The lowest BCUT2D eigenvalue weighted by molar-refractivity contribution is -0.126. The van der Waals surface area contributed by atoms with Gasteiger partial charge in [0.15, 0.2) is 0 Å². The van der Waals surface area contributed by atoms with Crippen molar-refractivity contribution >= 4 is 17.5 Å². The van der Waals surface area contributed by atoms with Gasteiger partial charge in [0.1, 0.15) is 30.0 Å². The maximum atomic E-state index is 14.2. The molecule has 0 radical (unpaired) electrons. The zero-order chi connectivity index (χ0) is 29.4. The lowest BCUT2D eigenvalue weighted by atomic mass is 10.0. The number of halogens is 2. The number of carbonyl (C=O) groups is 2. The van der Waals surface area contributed by atoms with Crippen LogP contribution >= 0.6 is 0 Å². The summed E-state index contributed by atoms with van der Waals surface area (Å²) in [6.07, 6.45) is 1.22. The molecule has 3 aromatic carbocycles. The summed E-state index contributed by atoms with van der Waals surface area (Å²) >= 11 is 0. The normalized spacial score (nSPS) is 20.0. The van der Waals surface area contributed by atoms with E-state index in [0.717, 1.165) is 30.3 Å². The molecule has 0 aromatic heterocycles. The molecule has 3 heterocycles. The number of fused-ring (bicyclic) bond motifs is 1. The van der Waals surface area contributed by atoms with Crippen molar-refractivity contribution in [2.45, 2.75) is 45.0 Å². The third-order valence-corrected chi connectivity index (χ3v) is 8.62. The standard InChI is InChI=1S/C33H34F2N4O3/c1-21-6-12-30(32(40)36-21)39-19-27-26(33(39)41)4-3-5-31(27)42-20-23-7-9-24(10-8-23)22(2)37-14-16-38(17-15-37)29-13-11-25(34)18-28(29)35/h3-5,7-11,13,18,22,30H,1,6,12,14-17,19-20H2,2H3,(H,36,40)/t22-,30+/m1/s1. The van der Waals surface area contributed by atoms with Gasteiger partial charge >= 0.3 is 0 Å². The van der Waals surface area contributed by atoms with E-state index in [1.165, 1.54) is 17.7 Å². The minimum atomic E-state index is -0.566. The summed E-state index contributed by atoms with van der Waals surface area (Å²) in [7, 11) is 0. The number of benzene rings is 3. The Balaban J connectivity index is 1.05. The zero-order valence-corrected chi connectivity index (χ0v) is 23.6. The van der Waals surface area contributed by atoms with Crippen LogP contribution in [0.4, 0.5) is 14.5 Å². The highest BCUT2D eigenvalue weighted by Crippen LogP contribution is 2.34. The SMILES string of the molecule is C=C1CC[C@H](N2Cc3c(OCc4ccc([C@@H](C)N5CCN(c6ccc(F)cc6F)CC5)cc4)cccc3C2=O)C(=O)N1. The molecule has 0 unspecified atom stereocenters. The van der Waals surface area contributed by atoms with Crippen molar-refractivity contribution in [3.05, 3.63) is 107 Å². The van der Waals surface area contributed by atoms with Gasteiger partial charge in [0.25, 0.3) is 5.91 Å². The number of carbonyl (C=O) groups excluding carboxylic acids is 2. The second-order valence-corrected chi connectivity index (χ2v) is 11.2. The van der Waals surface area contributed by atoms with Crippen LogP contribution in [-0.4, -0.2) is 53.8 Å². The van der Waals surface area contributed by atoms with E-state index in [4.69, 9.17) is 4.74 Å². The van der Waals surface area contributed by atoms with E-state index in [1.54, 1.807) is 11.0 Å². The Labute approximate surface area is 244 Å². The highest BCUT2D eigenvalue weighted by molar-refractivity contribution is 6.02. The van der Waals surface area contributed by atoms with Crippen LogP contribution in [0.25, 0.3) is 0 Å². The number of rotatable bonds is 7. The summed E-state index contributed by atoms with van der Waals surface area (Å²) in [5.41, 5.74) is 4.70. The van der Waals surface area contributed by atoms with Gasteiger partial charge in [-0.25, -0.2) is 8.78 Å². The Morgan fingerprint density at radius 2 is 1.79 bits per heavy atom. The van der Waals surface area contributed by atoms with Gasteiger partial charge < -0.3 is 19.9 Å². The van der Waals surface area contributed by atoms with Crippen molar-refractivity contribution < 1.29 is 23.1 Å². The highest BCUT2D eigenvalue weighted by Gasteiger charge is 2.39. The first-order valence-corrected chi connectivity index (χ1v) is 14.4. The third kappa shape index (κ3) is 5.48. The smallest absolute Gasteiger partial charge is 0.255 e. The first kappa shape index (κ1) is 27.9. The van der Waals surface area contributed by atoms with Crippen LogP contribution in [0.1, 0.15) is 52.9 Å². The number of piperazine rings is 1. The molecule has 42 heavy (non-hydrogen) atoms. The molecule has 3 aromatic rings. The van der Waals surface area contributed by atoms with Crippen LogP contribution in [0.3, 0.4) is 0 Å². The van der Waals surface area contributed by atoms with E-state index in [2.05, 4.69) is 48.0 Å². The van der Waals surface area contributed by atoms with Crippen molar-refractivity contribution in [2.75, 3.05) is 31.1 Å². The molecule has 2 fully saturated rings. The van der Waals surface area contributed by atoms with Crippen molar-refractivity contribution in [3.8, 4) is 5.75 Å². The summed E-state index contributed by atoms with van der Waals surface area (Å²) in [4.78, 5) is 31.6. The predicted octanol–water partition coefficient (Wildman–Crippen LogP) is 5.18. The van der Waals surface area contributed by atoms with E-state index in [9.17, 15) is 18.4 Å². The fourth-order valence-electron chi connectivity index (χ4n) is 6.12. The summed E-state index contributed by atoms with van der Waals surface area (Å²) in [5, 5.41) is 2.77. The number of hydrogen-bond acceptors (Lipinski definition) is 5. The summed E-state index contributed by atoms with van der Waals surface area (Å²) in [5.74, 6) is -0.777. The predicted molar refractivity (Wildman–Crippen MR) is 156 cm³/mol. The highest BCUT2D eigenvalue weighted by atomic mass is 19.1. The lowest BCUT2D eigenvalue weighted by Crippen LogP contribution is -2.49. The topological polar surface area (TPSA) is 65.1 Å². The number of piperidine rings is 1. The molecule has 2 atom stereocenters. The van der Waals surface area contributed by atoms with Gasteiger partial charge in [-0.05, 0) is 55.2 Å². The lowest BCUT2D eigenvalue weighted by Gasteiger charge is -2.39. The van der Waals surface area contributed by atoms with E-state index < -0.39 is 17.7 Å². The largest absolute Gasteiger partial charge is 0.489 e. The third-order valence-electron chi connectivity index (χ3n) is 8.62. The van der Waals surface area contributed by atoms with Gasteiger partial charge in [0.2, 0.25) is 5.91 Å². The number of hydrogen-bond donors (Lipinski definition) is 1. The average molecular weight is 573 g/mol. The Morgan fingerprint density at radius 1 is 1.02 bits per heavy atom. The van der Waals surface area contributed by atoms with Crippen LogP contribution in [0.5, 0.6) is 5.75 Å². The number of anilines is 1. The molecule has 0 saturated carbocycles. The molecule has 9 heteroatoms. The Hall–Kier alpha value is -4.24. The number of allylic oxidation sites excluding steroid dienone is 1. The molecule has 1 N–H and O–H groups in total. The molecule has 6 rings (SSSR count). The molecule has 0 bridgehead atoms. The first-order chi connectivity index (χ1) is 20.3. The summed E-state index contributed by atoms with van der Waals surface area (Å²) < 4.78 is 33.7. The minimum absolute atomic E-state index is 0.148. The van der Waals surface area contributed by atoms with E-state index in [1.807, 2.05) is 17.0 Å². The van der Waals surface area contributed by atoms with E-state index in [-0.39, 0.29) is 17.9 Å². The fourth-order valence-corrected chi connectivity index (χ4v) is 6.12. The quantitative estimate of drug-likeness (QED) is 0.423. The molecule has 2 amide bonds.